The minimum atomic E-state index is -2.07. The third-order valence-corrected chi connectivity index (χ3v) is 137. The van der Waals surface area contributed by atoms with Gasteiger partial charge in [0.05, 0.1) is 0 Å². The minimum Gasteiger partial charge on any atom is -0.439 e. The molecule has 0 heterocycles. The summed E-state index contributed by atoms with van der Waals surface area (Å²) in [6, 6.07) is 0. The Hall–Kier alpha value is 7.12. The van der Waals surface area contributed by atoms with E-state index in [-0.39, 0.29) is 0 Å². The molecule has 123 heavy (non-hydrogen) atoms. The van der Waals surface area contributed by atoms with Crippen molar-refractivity contribution in [1.82, 2.24) is 0 Å². The minimum absolute atomic E-state index is 1.64. The summed E-state index contributed by atoms with van der Waals surface area (Å²) in [5.41, 5.74) is 0. The Morgan fingerprint density at radius 1 is 0.0813 bits per heavy atom. The molecule has 0 saturated carbocycles. The van der Waals surface area contributed by atoms with E-state index in [0.29, 0.717) is 0 Å². The van der Waals surface area contributed by atoms with Crippen LogP contribution in [0, 0.1) is 0 Å². The zero-order chi connectivity index (χ0) is 94.5. The van der Waals surface area contributed by atoms with Gasteiger partial charge >= 0.3 is 0 Å². The summed E-state index contributed by atoms with van der Waals surface area (Å²) in [6.07, 6.45) is 0. The monoisotopic (exact) mass is 2440 g/mol. The van der Waals surface area contributed by atoms with E-state index in [0.717, 1.165) is 0 Å². The van der Waals surface area contributed by atoms with Crippen molar-refractivity contribution >= 4 is 369 Å². The molecule has 0 bridgehead atoms. The maximum atomic E-state index is 6.34. The quantitative estimate of drug-likeness (QED) is 0.0574. The van der Waals surface area contributed by atoms with Crippen molar-refractivity contribution in [3.8, 4) is 0 Å². The van der Waals surface area contributed by atoms with E-state index in [1.165, 1.54) is 0 Å². The van der Waals surface area contributed by atoms with Gasteiger partial charge in [-0.2, -0.15) is 0 Å². The average molecular weight is 2450 g/mol. The molecule has 79 heteroatoms. The number of rotatable bonds is 78. The molecular weight excluding hydrogens is 2280 g/mol. The van der Waals surface area contributed by atoms with Gasteiger partial charge in [0, 0.05) is 0 Å². The molecule has 0 spiro atoms. The van der Waals surface area contributed by atoms with Crippen LogP contribution < -0.4 is 0 Å². The van der Waals surface area contributed by atoms with Crippen LogP contribution in [-0.4, -0.2) is 369 Å². The summed E-state index contributed by atoms with van der Waals surface area (Å²) in [5.74, 6) is 0. The first-order chi connectivity index (χ1) is 56.7. The highest BCUT2D eigenvalue weighted by molar-refractivity contribution is 6.81. The lowest BCUT2D eigenvalue weighted by molar-refractivity contribution is 0.297. The van der Waals surface area contributed by atoms with Gasteiger partial charge in [0.1, 0.15) is 0 Å². The summed E-state index contributed by atoms with van der Waals surface area (Å²) in [6.45, 7) is 89.6. The maximum absolute atomic E-state index is 6.34. The first-order valence-electron chi connectivity index (χ1n) is 43.3. The first kappa shape index (κ1) is 130. The number of hydrogen-bond acceptors (Lipinski definition) is 39. The Bertz CT molecular complexity index is 2380. The van der Waals surface area contributed by atoms with Crippen molar-refractivity contribution in [3.63, 3.8) is 0 Å². The average Bonchev–Trinajstić information content (AvgIpc) is 0.937. The molecule has 39 nitrogen and oxygen atoms in total. The Labute approximate surface area is 809 Å². The van der Waals surface area contributed by atoms with Crippen molar-refractivity contribution in [2.75, 3.05) is 0 Å². The fraction of sp³-hybridized carbons (Fsp3) is 1.00. The largest absolute Gasteiger partial charge is 0.439 e. The molecule has 0 rings (SSSR count). The summed E-state index contributed by atoms with van der Waals surface area (Å²) in [4.78, 5) is 0. The van der Waals surface area contributed by atoms with Gasteiger partial charge < -0.3 is 160 Å². The van der Waals surface area contributed by atoms with Gasteiger partial charge in [-0.1, -0.05) is 0 Å². The van der Waals surface area contributed by atoms with Crippen LogP contribution in [0.25, 0.3) is 0 Å². The fourth-order valence-electron chi connectivity index (χ4n) is 12.2. The van der Waals surface area contributed by atoms with E-state index in [1.807, 2.05) is 236 Å². The summed E-state index contributed by atoms with van der Waals surface area (Å²) >= 11 is 0. The highest BCUT2D eigenvalue weighted by Crippen LogP contribution is 2.17. The predicted octanol–water partition coefficient (Wildman–Crippen LogP) is -2.38. The van der Waals surface area contributed by atoms with Crippen molar-refractivity contribution in [3.05, 3.63) is 0 Å². The summed E-state index contributed by atoms with van der Waals surface area (Å²) in [7, 11) is -79.4. The van der Waals surface area contributed by atoms with Crippen LogP contribution in [0.3, 0.4) is 0 Å². The van der Waals surface area contributed by atoms with E-state index in [1.54, 1.807) is 0 Å². The van der Waals surface area contributed by atoms with Gasteiger partial charge in [0.15, 0.2) is 16.6 Å². The molecule has 0 amide bonds. The predicted molar refractivity (Wildman–Crippen MR) is 584 cm³/mol. The Morgan fingerprint density at radius 2 is 0.122 bits per heavy atom. The summed E-state index contributed by atoms with van der Waals surface area (Å²) in [5, 5.41) is 0. The van der Waals surface area contributed by atoms with Crippen molar-refractivity contribution in [2.24, 2.45) is 0 Å². The van der Waals surface area contributed by atoms with Crippen LogP contribution in [0.15, 0.2) is 0 Å². The molecule has 0 saturated heterocycles. The third-order valence-electron chi connectivity index (χ3n) is 15.2. The highest BCUT2D eigenvalue weighted by atomic mass is 28.5. The summed E-state index contributed by atoms with van der Waals surface area (Å²) < 4.78 is 245. The second-order valence-corrected chi connectivity index (χ2v) is 125. The molecule has 0 aliphatic carbocycles. The molecule has 0 aliphatic rings. The van der Waals surface area contributed by atoms with Crippen molar-refractivity contribution in [2.45, 2.75) is 288 Å². The molecule has 0 aliphatic heterocycles. The fourth-order valence-corrected chi connectivity index (χ4v) is 132. The second kappa shape index (κ2) is 71.5. The van der Waals surface area contributed by atoms with E-state index in [9.17, 15) is 0 Å². The van der Waals surface area contributed by atoms with Crippen LogP contribution in [0.5, 0.6) is 0 Å². The second-order valence-electron chi connectivity index (χ2n) is 31.1. The molecule has 38 atom stereocenters. The van der Waals surface area contributed by atoms with E-state index < -0.39 is 369 Å². The smallest absolute Gasteiger partial charge is 0.300 e. The van der Waals surface area contributed by atoms with Gasteiger partial charge in [-0.15, -0.1) is 0 Å². The Morgan fingerprint density at radius 3 is 0.163 bits per heavy atom. The lowest BCUT2D eigenvalue weighted by Gasteiger charge is -2.28. The van der Waals surface area contributed by atoms with Crippen LogP contribution in [0.1, 0.15) is 0 Å². The normalized spacial score (nSPS) is 22.3. The van der Waals surface area contributed by atoms with Gasteiger partial charge in [-0.05, 0) is 288 Å². The third kappa shape index (κ3) is 76.5. The highest BCUT2D eigenvalue weighted by Gasteiger charge is 2.35. The topological polar surface area (TPSA) is 360 Å². The van der Waals surface area contributed by atoms with Crippen LogP contribution >= 0.6 is 0 Å². The Kier molecular flexibility index (Phi) is 75.7. The molecule has 0 aromatic rings. The maximum Gasteiger partial charge on any atom is 0.300 e. The van der Waals surface area contributed by atoms with Crippen molar-refractivity contribution < 1.29 is 160 Å². The van der Waals surface area contributed by atoms with Gasteiger partial charge in [0.2, 0.25) is 0 Å². The standard InChI is InChI=1S/C44H170O39Si40/c1-84(46-86(3)48-88(5)50-90(7)52-92(9)54-94(11)56-96(13)58-98(15)60-100(17)62-102(19)64-104(21)66-106(23)68-108(25)70-110(27)72-112(29)74-114(31)76-116(33)78-118(35)80-120(37)82-122(39,40)41)45-85(2)47-87(4)49-89(6)51-91(8)53-93(10)55-95(12)57-97(14)59-99(16)61-101(18)63-103(20)65-105(22)67-107(24)69-109(26)71-111(28)73-113(30)75-115(32)77-117(34)79-119(36)81-121(38)83-123(42,43)44/h84-121H,1-44H3. The lowest BCUT2D eigenvalue weighted by Crippen LogP contribution is -2.44. The lowest BCUT2D eigenvalue weighted by atomic mass is 11.8. The molecule has 0 aromatic carbocycles. The zero-order valence-electron chi connectivity index (χ0n) is 82.9. The first-order valence-corrected chi connectivity index (χ1v) is 130. The van der Waals surface area contributed by atoms with Crippen LogP contribution in [0.4, 0.5) is 0 Å². The van der Waals surface area contributed by atoms with E-state index in [2.05, 4.69) is 52.4 Å². The van der Waals surface area contributed by atoms with Crippen LogP contribution in [0.2, 0.25) is 288 Å². The van der Waals surface area contributed by atoms with Gasteiger partial charge in [-0.3, -0.25) is 0 Å². The van der Waals surface area contributed by atoms with E-state index in [4.69, 9.17) is 160 Å². The zero-order valence-corrected chi connectivity index (χ0v) is 129. The molecule has 740 valence electrons. The van der Waals surface area contributed by atoms with Gasteiger partial charge in [-0.25, -0.2) is 0 Å². The molecule has 38 unspecified atom stereocenters. The molecule has 0 radical (unpaired) electrons. The SMILES string of the molecule is C[SiH](O[SiH](C)O[SiH](C)O[SiH](C)O[SiH](C)O[SiH](C)O[SiH](C)O[SiH](C)O[SiH](C)O[SiH](C)O[SiH](C)O[SiH](C)O[SiH](C)O[SiH](C)O[SiH](C)O[SiH](C)O[SiH](C)O[SiH](C)O[SiH](C)O[SiH](C)O[Si](C)(C)C)O[SiH](C)O[SiH](C)O[SiH](C)O[SiH](C)O[SiH](C)O[SiH](C)O[SiH](C)O[SiH](C)O[SiH](C)O[SiH](C)O[SiH](C)O[SiH](C)O[SiH](C)O[SiH](C)O[SiH](C)O[SiH](C)O[SiH](C)O[SiH](C)O[Si](C)(C)C. The van der Waals surface area contributed by atoms with E-state index >= 15 is 0 Å². The number of hydrogen-bond donors (Lipinski definition) is 0. The van der Waals surface area contributed by atoms with Crippen molar-refractivity contribution in [1.29, 1.82) is 0 Å². The van der Waals surface area contributed by atoms with Gasteiger partial charge in [0.25, 0.3) is 353 Å². The van der Waals surface area contributed by atoms with Crippen LogP contribution in [-0.2, 0) is 160 Å². The molecule has 0 aromatic heterocycles. The molecule has 0 N–H and O–H groups in total. The molecular formula is C44H170O39Si40. The molecule has 0 fully saturated rings. The Balaban J connectivity index is 4.56.